The molecule has 1 N–H and O–H groups in total. The number of unbranched alkanes of at least 4 members (excludes halogenated alkanes) is 3. The molecule has 0 bridgehead atoms. The largest absolute Gasteiger partial charge is 0.372 e. The van der Waals surface area contributed by atoms with Crippen molar-refractivity contribution in [2.75, 3.05) is 13.2 Å². The monoisotopic (exact) mass is 295 g/mol. The molecule has 0 radical (unpaired) electrons. The first-order chi connectivity index (χ1) is 9.79. The van der Waals surface area contributed by atoms with Crippen LogP contribution in [0.2, 0.25) is 5.02 Å². The topological polar surface area (TPSA) is 21.3 Å². The van der Waals surface area contributed by atoms with Gasteiger partial charge in [0.05, 0.1) is 6.10 Å². The number of ether oxygens (including phenoxy) is 1. The zero-order valence-electron chi connectivity index (χ0n) is 12.4. The van der Waals surface area contributed by atoms with E-state index in [9.17, 15) is 0 Å². The predicted molar refractivity (Wildman–Crippen MR) is 85.3 cm³/mol. The van der Waals surface area contributed by atoms with Crippen LogP contribution in [-0.4, -0.2) is 19.2 Å². The first-order valence-corrected chi connectivity index (χ1v) is 8.28. The quantitative estimate of drug-likeness (QED) is 0.630. The Morgan fingerprint density at radius 2 is 1.95 bits per heavy atom. The van der Waals surface area contributed by atoms with E-state index in [2.05, 4.69) is 24.4 Å². The van der Waals surface area contributed by atoms with E-state index in [1.54, 1.807) is 0 Å². The Morgan fingerprint density at radius 3 is 2.60 bits per heavy atom. The molecule has 1 atom stereocenters. The summed E-state index contributed by atoms with van der Waals surface area (Å²) in [5.74, 6) is 0. The molecule has 1 fully saturated rings. The van der Waals surface area contributed by atoms with E-state index in [1.807, 2.05) is 12.1 Å². The molecule has 0 spiro atoms. The SMILES string of the molecule is CCCCCCOC(CNC1CC1)c1ccc(Cl)cc1. The van der Waals surface area contributed by atoms with Gasteiger partial charge < -0.3 is 10.1 Å². The van der Waals surface area contributed by atoms with Crippen LogP contribution in [0.4, 0.5) is 0 Å². The van der Waals surface area contributed by atoms with Crippen LogP contribution in [0.5, 0.6) is 0 Å². The van der Waals surface area contributed by atoms with Crippen LogP contribution in [-0.2, 0) is 4.74 Å². The molecule has 0 amide bonds. The molecule has 3 heteroatoms. The Labute approximate surface area is 127 Å². The molecule has 0 saturated heterocycles. The van der Waals surface area contributed by atoms with Crippen molar-refractivity contribution in [3.05, 3.63) is 34.9 Å². The van der Waals surface area contributed by atoms with Crippen LogP contribution in [0, 0.1) is 0 Å². The van der Waals surface area contributed by atoms with E-state index in [0.717, 1.165) is 24.6 Å². The summed E-state index contributed by atoms with van der Waals surface area (Å²) in [7, 11) is 0. The third-order valence-electron chi connectivity index (χ3n) is 3.73. The van der Waals surface area contributed by atoms with Gasteiger partial charge in [0.2, 0.25) is 0 Å². The maximum atomic E-state index is 6.09. The van der Waals surface area contributed by atoms with E-state index in [1.165, 1.54) is 37.7 Å². The highest BCUT2D eigenvalue weighted by Gasteiger charge is 2.22. The van der Waals surface area contributed by atoms with Gasteiger partial charge in [-0.2, -0.15) is 0 Å². The molecule has 1 unspecified atom stereocenters. The highest BCUT2D eigenvalue weighted by Crippen LogP contribution is 2.23. The molecule has 0 heterocycles. The van der Waals surface area contributed by atoms with Crippen LogP contribution in [0.15, 0.2) is 24.3 Å². The summed E-state index contributed by atoms with van der Waals surface area (Å²) in [5, 5.41) is 4.35. The average molecular weight is 296 g/mol. The lowest BCUT2D eigenvalue weighted by Crippen LogP contribution is -2.25. The third-order valence-corrected chi connectivity index (χ3v) is 3.98. The fourth-order valence-electron chi connectivity index (χ4n) is 2.27. The summed E-state index contributed by atoms with van der Waals surface area (Å²) in [4.78, 5) is 0. The van der Waals surface area contributed by atoms with E-state index in [0.29, 0.717) is 6.04 Å². The number of hydrogen-bond acceptors (Lipinski definition) is 2. The molecular weight excluding hydrogens is 270 g/mol. The second-order valence-electron chi connectivity index (χ2n) is 5.65. The number of rotatable bonds is 10. The van der Waals surface area contributed by atoms with Crippen LogP contribution in [0.1, 0.15) is 57.1 Å². The number of nitrogens with one attached hydrogen (secondary N) is 1. The summed E-state index contributed by atoms with van der Waals surface area (Å²) >= 11 is 5.96. The van der Waals surface area contributed by atoms with Crippen molar-refractivity contribution in [3.8, 4) is 0 Å². The normalized spacial score (nSPS) is 16.3. The zero-order valence-corrected chi connectivity index (χ0v) is 13.2. The molecule has 1 aromatic rings. The van der Waals surface area contributed by atoms with Crippen LogP contribution in [0.25, 0.3) is 0 Å². The van der Waals surface area contributed by atoms with Crippen molar-refractivity contribution < 1.29 is 4.74 Å². The molecule has 0 aromatic heterocycles. The summed E-state index contributed by atoms with van der Waals surface area (Å²) in [6, 6.07) is 8.76. The van der Waals surface area contributed by atoms with Gasteiger partial charge in [-0.3, -0.25) is 0 Å². The van der Waals surface area contributed by atoms with Crippen molar-refractivity contribution in [2.24, 2.45) is 0 Å². The molecule has 1 aliphatic carbocycles. The summed E-state index contributed by atoms with van der Waals surface area (Å²) in [5.41, 5.74) is 1.22. The van der Waals surface area contributed by atoms with Gasteiger partial charge in [0.15, 0.2) is 0 Å². The van der Waals surface area contributed by atoms with Gasteiger partial charge in [-0.05, 0) is 37.0 Å². The first kappa shape index (κ1) is 15.8. The molecule has 1 saturated carbocycles. The molecule has 1 aromatic carbocycles. The van der Waals surface area contributed by atoms with Gasteiger partial charge in [0.1, 0.15) is 0 Å². The molecule has 1 aliphatic rings. The van der Waals surface area contributed by atoms with Gasteiger partial charge in [0, 0.05) is 24.2 Å². The Balaban J connectivity index is 1.80. The Kier molecular flexibility index (Phi) is 6.85. The zero-order chi connectivity index (χ0) is 14.2. The van der Waals surface area contributed by atoms with Crippen LogP contribution < -0.4 is 5.32 Å². The Bertz CT molecular complexity index is 375. The summed E-state index contributed by atoms with van der Waals surface area (Å²) < 4.78 is 6.09. The number of benzene rings is 1. The van der Waals surface area contributed by atoms with Crippen LogP contribution in [0.3, 0.4) is 0 Å². The minimum Gasteiger partial charge on any atom is -0.372 e. The molecule has 0 aliphatic heterocycles. The third kappa shape index (κ3) is 5.82. The van der Waals surface area contributed by atoms with Crippen molar-refractivity contribution in [3.63, 3.8) is 0 Å². The minimum absolute atomic E-state index is 0.148. The van der Waals surface area contributed by atoms with Crippen molar-refractivity contribution in [1.82, 2.24) is 5.32 Å². The molecule has 112 valence electrons. The number of halogens is 1. The molecule has 2 rings (SSSR count). The van der Waals surface area contributed by atoms with E-state index >= 15 is 0 Å². The average Bonchev–Trinajstić information content (AvgIpc) is 3.27. The second-order valence-corrected chi connectivity index (χ2v) is 6.09. The lowest BCUT2D eigenvalue weighted by Gasteiger charge is -2.19. The van der Waals surface area contributed by atoms with E-state index < -0.39 is 0 Å². The Hall–Kier alpha value is -0.570. The van der Waals surface area contributed by atoms with Crippen molar-refractivity contribution >= 4 is 11.6 Å². The highest BCUT2D eigenvalue weighted by atomic mass is 35.5. The molecular formula is C17H26ClNO. The maximum absolute atomic E-state index is 6.09. The van der Waals surface area contributed by atoms with Gasteiger partial charge >= 0.3 is 0 Å². The first-order valence-electron chi connectivity index (χ1n) is 7.90. The second kappa shape index (κ2) is 8.66. The van der Waals surface area contributed by atoms with Gasteiger partial charge in [0.25, 0.3) is 0 Å². The fraction of sp³-hybridized carbons (Fsp3) is 0.647. The standard InChI is InChI=1S/C17H26ClNO/c1-2-3-4-5-12-20-17(13-19-16-10-11-16)14-6-8-15(18)9-7-14/h6-9,16-17,19H,2-5,10-13H2,1H3. The smallest absolute Gasteiger partial charge is 0.0949 e. The van der Waals surface area contributed by atoms with E-state index in [-0.39, 0.29) is 6.10 Å². The van der Waals surface area contributed by atoms with Gasteiger partial charge in [-0.15, -0.1) is 0 Å². The maximum Gasteiger partial charge on any atom is 0.0949 e. The lowest BCUT2D eigenvalue weighted by molar-refractivity contribution is 0.0496. The Morgan fingerprint density at radius 1 is 1.20 bits per heavy atom. The molecule has 2 nitrogen and oxygen atoms in total. The predicted octanol–water partition coefficient (Wildman–Crippen LogP) is 4.73. The number of hydrogen-bond donors (Lipinski definition) is 1. The summed E-state index contributed by atoms with van der Waals surface area (Å²) in [6.07, 6.45) is 7.75. The summed E-state index contributed by atoms with van der Waals surface area (Å²) in [6.45, 7) is 3.98. The minimum atomic E-state index is 0.148. The van der Waals surface area contributed by atoms with Gasteiger partial charge in [-0.1, -0.05) is 49.9 Å². The van der Waals surface area contributed by atoms with Crippen molar-refractivity contribution in [2.45, 2.75) is 57.6 Å². The van der Waals surface area contributed by atoms with E-state index in [4.69, 9.17) is 16.3 Å². The highest BCUT2D eigenvalue weighted by molar-refractivity contribution is 6.30. The molecule has 20 heavy (non-hydrogen) atoms. The van der Waals surface area contributed by atoms with Gasteiger partial charge in [-0.25, -0.2) is 0 Å². The van der Waals surface area contributed by atoms with Crippen LogP contribution >= 0.6 is 11.6 Å². The fourth-order valence-corrected chi connectivity index (χ4v) is 2.39. The lowest BCUT2D eigenvalue weighted by atomic mass is 10.1. The van der Waals surface area contributed by atoms with Crippen molar-refractivity contribution in [1.29, 1.82) is 0 Å².